The zero-order valence-electron chi connectivity index (χ0n) is 8.43. The molecule has 0 amide bonds. The number of aliphatic hydroxyl groups is 1. The molecule has 0 spiro atoms. The van der Waals surface area contributed by atoms with Crippen LogP contribution in [0, 0.1) is 0 Å². The molecular formula is C9H14N2O3. The van der Waals surface area contributed by atoms with Crippen LogP contribution >= 0.6 is 0 Å². The maximum Gasteiger partial charge on any atom is 0.333 e. The van der Waals surface area contributed by atoms with Gasteiger partial charge >= 0.3 is 5.97 Å². The summed E-state index contributed by atoms with van der Waals surface area (Å²) in [6.07, 6.45) is 0.143. The molecule has 1 rings (SSSR count). The number of carboxylic acids is 1. The number of hydrogen-bond donors (Lipinski definition) is 2. The molecular weight excluding hydrogens is 184 g/mol. The molecule has 1 heterocycles. The van der Waals surface area contributed by atoms with E-state index in [0.717, 1.165) is 0 Å². The second-order valence-electron chi connectivity index (χ2n) is 3.80. The second kappa shape index (κ2) is 3.42. The molecule has 5 nitrogen and oxygen atoms in total. The predicted octanol–water partition coefficient (Wildman–Crippen LogP) is 0.143. The summed E-state index contributed by atoms with van der Waals surface area (Å²) >= 11 is 0. The molecule has 1 aromatic rings. The minimum Gasteiger partial charge on any atom is -0.479 e. The largest absolute Gasteiger partial charge is 0.479 e. The molecule has 14 heavy (non-hydrogen) atoms. The molecule has 5 heteroatoms. The molecule has 2 N–H and O–H groups in total. The monoisotopic (exact) mass is 198 g/mol. The molecule has 0 aliphatic rings. The minimum atomic E-state index is -1.43. The van der Waals surface area contributed by atoms with E-state index in [1.54, 1.807) is 37.8 Å². The highest BCUT2D eigenvalue weighted by Gasteiger charge is 2.37. The molecule has 0 aromatic carbocycles. The lowest BCUT2D eigenvalue weighted by atomic mass is 9.83. The van der Waals surface area contributed by atoms with Crippen LogP contribution in [-0.4, -0.2) is 32.1 Å². The number of aryl methyl sites for hydroxylation is 1. The molecule has 1 unspecified atom stereocenters. The Balaban J connectivity index is 3.07. The van der Waals surface area contributed by atoms with Crippen molar-refractivity contribution < 1.29 is 15.0 Å². The van der Waals surface area contributed by atoms with Gasteiger partial charge in [-0.05, 0) is 6.07 Å². The highest BCUT2D eigenvalue weighted by Crippen LogP contribution is 2.26. The Kier molecular flexibility index (Phi) is 2.62. The Labute approximate surface area is 82.0 Å². The van der Waals surface area contributed by atoms with Crippen molar-refractivity contribution in [2.45, 2.75) is 25.4 Å². The van der Waals surface area contributed by atoms with Gasteiger partial charge in [0.15, 0.2) is 6.10 Å². The normalized spacial score (nSPS) is 14.0. The number of carboxylic acid groups (broad SMARTS) is 1. The average Bonchev–Trinajstić information content (AvgIpc) is 2.50. The number of aromatic nitrogens is 2. The molecule has 0 aliphatic heterocycles. The third-order valence-corrected chi connectivity index (χ3v) is 2.40. The Bertz CT molecular complexity index is 344. The van der Waals surface area contributed by atoms with Crippen LogP contribution in [0.5, 0.6) is 0 Å². The first kappa shape index (κ1) is 10.7. The van der Waals surface area contributed by atoms with Gasteiger partial charge in [0, 0.05) is 24.4 Å². The molecule has 0 aliphatic carbocycles. The Morgan fingerprint density at radius 1 is 1.64 bits per heavy atom. The van der Waals surface area contributed by atoms with Crippen LogP contribution in [-0.2, 0) is 17.3 Å². The maximum atomic E-state index is 10.7. The molecule has 0 bridgehead atoms. The Hall–Kier alpha value is -1.36. The summed E-state index contributed by atoms with van der Waals surface area (Å²) in [6, 6.07) is 1.70. The van der Waals surface area contributed by atoms with Crippen LogP contribution in [0.15, 0.2) is 12.3 Å². The highest BCUT2D eigenvalue weighted by molar-refractivity contribution is 5.74. The summed E-state index contributed by atoms with van der Waals surface area (Å²) in [5.41, 5.74) is -0.163. The van der Waals surface area contributed by atoms with Crippen LogP contribution in [0.3, 0.4) is 0 Å². The van der Waals surface area contributed by atoms with Crippen molar-refractivity contribution >= 4 is 5.97 Å². The average molecular weight is 198 g/mol. The van der Waals surface area contributed by atoms with E-state index in [4.69, 9.17) is 5.11 Å². The van der Waals surface area contributed by atoms with Crippen molar-refractivity contribution in [3.8, 4) is 0 Å². The van der Waals surface area contributed by atoms with E-state index < -0.39 is 17.5 Å². The van der Waals surface area contributed by atoms with Gasteiger partial charge in [0.05, 0.1) is 0 Å². The number of hydrogen-bond acceptors (Lipinski definition) is 3. The smallest absolute Gasteiger partial charge is 0.333 e. The lowest BCUT2D eigenvalue weighted by Gasteiger charge is -2.27. The van der Waals surface area contributed by atoms with Crippen LogP contribution < -0.4 is 0 Å². The van der Waals surface area contributed by atoms with Crippen molar-refractivity contribution in [1.29, 1.82) is 0 Å². The fraction of sp³-hybridized carbons (Fsp3) is 0.556. The van der Waals surface area contributed by atoms with Crippen LogP contribution in [0.2, 0.25) is 0 Å². The third-order valence-electron chi connectivity index (χ3n) is 2.40. The topological polar surface area (TPSA) is 75.3 Å². The van der Waals surface area contributed by atoms with Crippen LogP contribution in [0.4, 0.5) is 0 Å². The van der Waals surface area contributed by atoms with Gasteiger partial charge in [-0.3, -0.25) is 4.68 Å². The zero-order chi connectivity index (χ0) is 10.9. The van der Waals surface area contributed by atoms with Crippen molar-refractivity contribution in [1.82, 2.24) is 9.78 Å². The standard InChI is InChI=1S/C9H14N2O3/c1-9(2,7(12)8(13)14)6-4-5-10-11(6)3/h4-5,7,12H,1-3H3,(H,13,14). The van der Waals surface area contributed by atoms with Gasteiger partial charge in [0.2, 0.25) is 0 Å². The molecule has 0 radical (unpaired) electrons. The quantitative estimate of drug-likeness (QED) is 0.724. The zero-order valence-corrected chi connectivity index (χ0v) is 8.43. The number of nitrogens with zero attached hydrogens (tertiary/aromatic N) is 2. The SMILES string of the molecule is Cn1nccc1C(C)(C)C(O)C(=O)O. The van der Waals surface area contributed by atoms with E-state index in [1.165, 1.54) is 0 Å². The summed E-state index contributed by atoms with van der Waals surface area (Å²) in [5, 5.41) is 22.2. The van der Waals surface area contributed by atoms with Crippen molar-refractivity contribution in [3.05, 3.63) is 18.0 Å². The lowest BCUT2D eigenvalue weighted by molar-refractivity contribution is -0.150. The molecule has 1 aromatic heterocycles. The van der Waals surface area contributed by atoms with Gasteiger partial charge in [-0.1, -0.05) is 13.8 Å². The van der Waals surface area contributed by atoms with Crippen LogP contribution in [0.25, 0.3) is 0 Å². The third kappa shape index (κ3) is 1.63. The predicted molar refractivity (Wildman–Crippen MR) is 49.9 cm³/mol. The lowest BCUT2D eigenvalue weighted by Crippen LogP contribution is -2.41. The fourth-order valence-corrected chi connectivity index (χ4v) is 1.45. The van der Waals surface area contributed by atoms with Crippen molar-refractivity contribution in [2.75, 3.05) is 0 Å². The van der Waals surface area contributed by atoms with E-state index in [0.29, 0.717) is 5.69 Å². The summed E-state index contributed by atoms with van der Waals surface area (Å²) in [5.74, 6) is -1.23. The number of aliphatic hydroxyl groups excluding tert-OH is 1. The first-order valence-electron chi connectivity index (χ1n) is 4.26. The van der Waals surface area contributed by atoms with E-state index in [1.807, 2.05) is 0 Å². The van der Waals surface area contributed by atoms with Gasteiger partial charge < -0.3 is 10.2 Å². The molecule has 0 saturated carbocycles. The molecule has 0 saturated heterocycles. The first-order valence-corrected chi connectivity index (χ1v) is 4.26. The summed E-state index contributed by atoms with van der Waals surface area (Å²) < 4.78 is 1.56. The van der Waals surface area contributed by atoms with Gasteiger partial charge in [-0.25, -0.2) is 4.79 Å². The Morgan fingerprint density at radius 3 is 2.57 bits per heavy atom. The van der Waals surface area contributed by atoms with Gasteiger partial charge in [0.25, 0.3) is 0 Å². The maximum absolute atomic E-state index is 10.7. The highest BCUT2D eigenvalue weighted by atomic mass is 16.4. The van der Waals surface area contributed by atoms with E-state index >= 15 is 0 Å². The molecule has 0 fully saturated rings. The summed E-state index contributed by atoms with van der Waals surface area (Å²) in [6.45, 7) is 3.34. The number of rotatable bonds is 3. The second-order valence-corrected chi connectivity index (χ2v) is 3.80. The van der Waals surface area contributed by atoms with Gasteiger partial charge in [0.1, 0.15) is 0 Å². The minimum absolute atomic E-state index is 0.687. The van der Waals surface area contributed by atoms with Crippen LogP contribution in [0.1, 0.15) is 19.5 Å². The Morgan fingerprint density at radius 2 is 2.21 bits per heavy atom. The number of carbonyl (C=O) groups is 1. The fourth-order valence-electron chi connectivity index (χ4n) is 1.45. The van der Waals surface area contributed by atoms with Crippen molar-refractivity contribution in [2.24, 2.45) is 7.05 Å². The van der Waals surface area contributed by atoms with Gasteiger partial charge in [-0.15, -0.1) is 0 Å². The molecule has 78 valence electrons. The summed E-state index contributed by atoms with van der Waals surface area (Å²) in [4.78, 5) is 10.7. The first-order chi connectivity index (χ1) is 6.37. The molecule has 1 atom stereocenters. The summed E-state index contributed by atoms with van der Waals surface area (Å²) in [7, 11) is 1.71. The van der Waals surface area contributed by atoms with E-state index in [2.05, 4.69) is 5.10 Å². The van der Waals surface area contributed by atoms with Crippen molar-refractivity contribution in [3.63, 3.8) is 0 Å². The van der Waals surface area contributed by atoms with E-state index in [9.17, 15) is 9.90 Å². The van der Waals surface area contributed by atoms with E-state index in [-0.39, 0.29) is 0 Å². The van der Waals surface area contributed by atoms with Gasteiger partial charge in [-0.2, -0.15) is 5.10 Å². The number of aliphatic carboxylic acids is 1.